The van der Waals surface area contributed by atoms with Gasteiger partial charge >= 0.3 is 0 Å². The van der Waals surface area contributed by atoms with Gasteiger partial charge in [-0.2, -0.15) is 0 Å². The van der Waals surface area contributed by atoms with Gasteiger partial charge in [-0.1, -0.05) is 147 Å². The Morgan fingerprint density at radius 3 is 1.78 bits per heavy atom. The zero-order valence-corrected chi connectivity index (χ0v) is 28.7. The van der Waals surface area contributed by atoms with Gasteiger partial charge < -0.3 is 0 Å². The molecule has 10 aromatic rings. The molecule has 11 rings (SSSR count). The molecule has 0 amide bonds. The fourth-order valence-electron chi connectivity index (χ4n) is 9.03. The average molecular weight is 653 g/mol. The summed E-state index contributed by atoms with van der Waals surface area (Å²) >= 11 is 1.91. The van der Waals surface area contributed by atoms with Crippen molar-refractivity contribution in [3.63, 3.8) is 0 Å². The van der Waals surface area contributed by atoms with Crippen molar-refractivity contribution < 1.29 is 0 Å². The van der Waals surface area contributed by atoms with Gasteiger partial charge in [0.2, 0.25) is 0 Å². The van der Waals surface area contributed by atoms with Gasteiger partial charge in [0.1, 0.15) is 0 Å². The Bertz CT molecular complexity index is 2990. The summed E-state index contributed by atoms with van der Waals surface area (Å²) in [6.07, 6.45) is 0. The highest BCUT2D eigenvalue weighted by molar-refractivity contribution is 7.26. The monoisotopic (exact) mass is 652 g/mol. The minimum atomic E-state index is -0.0512. The predicted molar refractivity (Wildman–Crippen MR) is 217 cm³/mol. The van der Waals surface area contributed by atoms with Crippen LogP contribution in [0.3, 0.4) is 0 Å². The first-order chi connectivity index (χ1) is 24.5. The van der Waals surface area contributed by atoms with Crippen molar-refractivity contribution in [3.05, 3.63) is 169 Å². The Kier molecular flexibility index (Phi) is 5.70. The van der Waals surface area contributed by atoms with Crippen molar-refractivity contribution in [2.75, 3.05) is 0 Å². The van der Waals surface area contributed by atoms with Crippen molar-refractivity contribution in [2.45, 2.75) is 19.3 Å². The molecule has 1 aliphatic carbocycles. The fourth-order valence-corrected chi connectivity index (χ4v) is 10.1. The van der Waals surface area contributed by atoms with Crippen LogP contribution in [0.4, 0.5) is 0 Å². The molecule has 9 aromatic carbocycles. The fraction of sp³-hybridized carbons (Fsp3) is 0.0612. The van der Waals surface area contributed by atoms with Crippen LogP contribution in [0.1, 0.15) is 25.0 Å². The van der Waals surface area contributed by atoms with E-state index in [9.17, 15) is 0 Å². The summed E-state index contributed by atoms with van der Waals surface area (Å²) in [5.74, 6) is 0. The van der Waals surface area contributed by atoms with Crippen LogP contribution in [0.15, 0.2) is 158 Å². The van der Waals surface area contributed by atoms with Crippen molar-refractivity contribution in [1.82, 2.24) is 0 Å². The Hall–Kier alpha value is -5.76. The van der Waals surface area contributed by atoms with Gasteiger partial charge in [-0.25, -0.2) is 0 Å². The lowest BCUT2D eigenvalue weighted by Gasteiger charge is -2.21. The molecule has 1 heteroatoms. The van der Waals surface area contributed by atoms with Crippen LogP contribution in [0, 0.1) is 0 Å². The van der Waals surface area contributed by atoms with Gasteiger partial charge in [0.15, 0.2) is 0 Å². The molecule has 0 unspecified atom stereocenters. The van der Waals surface area contributed by atoms with Crippen LogP contribution in [0.2, 0.25) is 0 Å². The molecule has 1 aliphatic rings. The van der Waals surface area contributed by atoms with E-state index < -0.39 is 0 Å². The average Bonchev–Trinajstić information content (AvgIpc) is 3.65. The molecule has 50 heavy (non-hydrogen) atoms. The van der Waals surface area contributed by atoms with Crippen molar-refractivity contribution in [2.24, 2.45) is 0 Å². The lowest BCUT2D eigenvalue weighted by atomic mass is 9.82. The highest BCUT2D eigenvalue weighted by Gasteiger charge is 2.37. The van der Waals surface area contributed by atoms with Crippen LogP contribution in [-0.4, -0.2) is 0 Å². The van der Waals surface area contributed by atoms with E-state index in [2.05, 4.69) is 172 Å². The molecule has 0 fully saturated rings. The van der Waals surface area contributed by atoms with E-state index in [4.69, 9.17) is 0 Å². The summed E-state index contributed by atoms with van der Waals surface area (Å²) in [4.78, 5) is 0. The van der Waals surface area contributed by atoms with Gasteiger partial charge in [-0.3, -0.25) is 0 Å². The molecule has 0 saturated carbocycles. The maximum absolute atomic E-state index is 2.46. The standard InChI is InChI=1S/C49H32S/c1-49(2)41-24-19-33(28-40(41)47-42(49)25-26-44-48(47)39-13-6-7-14-43(39)50-44)32-11-8-12-34(27-32)36-21-16-31-17-22-37-35(29-9-4-3-5-10-29)20-15-30-18-23-38(36)46(31)45(30)37/h3-28H,1-2H3. The predicted octanol–water partition coefficient (Wildman–Crippen LogP) is 14.3. The molecular formula is C49H32S. The summed E-state index contributed by atoms with van der Waals surface area (Å²) in [6.45, 7) is 4.77. The summed E-state index contributed by atoms with van der Waals surface area (Å²) in [6, 6.07) is 59.2. The number of fused-ring (bicyclic) bond motifs is 7. The number of hydrogen-bond acceptors (Lipinski definition) is 1. The van der Waals surface area contributed by atoms with Gasteiger partial charge in [-0.05, 0) is 112 Å². The maximum atomic E-state index is 2.46. The Morgan fingerprint density at radius 1 is 0.380 bits per heavy atom. The quantitative estimate of drug-likeness (QED) is 0.167. The third kappa shape index (κ3) is 3.81. The summed E-state index contributed by atoms with van der Waals surface area (Å²) < 4.78 is 2.72. The lowest BCUT2D eigenvalue weighted by Crippen LogP contribution is -2.14. The van der Waals surface area contributed by atoms with Crippen molar-refractivity contribution >= 4 is 63.8 Å². The first-order valence-corrected chi connectivity index (χ1v) is 18.3. The Balaban J connectivity index is 1.09. The first kappa shape index (κ1) is 28.1. The van der Waals surface area contributed by atoms with Crippen LogP contribution < -0.4 is 0 Å². The van der Waals surface area contributed by atoms with Crippen molar-refractivity contribution in [1.29, 1.82) is 0 Å². The number of hydrogen-bond donors (Lipinski definition) is 0. The molecule has 1 heterocycles. The minimum Gasteiger partial charge on any atom is -0.135 e. The van der Waals surface area contributed by atoms with Gasteiger partial charge in [0, 0.05) is 25.6 Å². The molecule has 0 N–H and O–H groups in total. The first-order valence-electron chi connectivity index (χ1n) is 17.5. The van der Waals surface area contributed by atoms with Crippen LogP contribution in [0.5, 0.6) is 0 Å². The van der Waals surface area contributed by atoms with E-state index in [1.165, 1.54) is 108 Å². The molecule has 0 nitrogen and oxygen atoms in total. The highest BCUT2D eigenvalue weighted by Crippen LogP contribution is 2.54. The second kappa shape index (κ2) is 10.1. The number of benzene rings is 9. The summed E-state index contributed by atoms with van der Waals surface area (Å²) in [5.41, 5.74) is 13.2. The molecule has 0 atom stereocenters. The Morgan fingerprint density at radius 2 is 1.00 bits per heavy atom. The third-order valence-electron chi connectivity index (χ3n) is 11.4. The second-order valence-electron chi connectivity index (χ2n) is 14.4. The molecular weight excluding hydrogens is 621 g/mol. The summed E-state index contributed by atoms with van der Waals surface area (Å²) in [5, 5.41) is 10.7. The van der Waals surface area contributed by atoms with E-state index in [0.29, 0.717) is 0 Å². The van der Waals surface area contributed by atoms with E-state index in [1.807, 2.05) is 11.3 Å². The third-order valence-corrected chi connectivity index (χ3v) is 12.6. The molecule has 0 bridgehead atoms. The largest absolute Gasteiger partial charge is 0.135 e. The van der Waals surface area contributed by atoms with E-state index in [0.717, 1.165) is 0 Å². The van der Waals surface area contributed by atoms with Gasteiger partial charge in [0.05, 0.1) is 0 Å². The minimum absolute atomic E-state index is 0.0512. The van der Waals surface area contributed by atoms with E-state index >= 15 is 0 Å². The molecule has 234 valence electrons. The van der Waals surface area contributed by atoms with Crippen LogP contribution in [-0.2, 0) is 5.41 Å². The van der Waals surface area contributed by atoms with Crippen LogP contribution in [0.25, 0.3) is 97.0 Å². The molecule has 0 aliphatic heterocycles. The zero-order chi connectivity index (χ0) is 33.1. The molecule has 1 aromatic heterocycles. The van der Waals surface area contributed by atoms with Crippen molar-refractivity contribution in [3.8, 4) is 44.5 Å². The number of thiophene rings is 1. The maximum Gasteiger partial charge on any atom is 0.0361 e. The smallest absolute Gasteiger partial charge is 0.0361 e. The molecule has 0 saturated heterocycles. The van der Waals surface area contributed by atoms with E-state index in [1.54, 1.807) is 0 Å². The Labute approximate surface area is 295 Å². The SMILES string of the molecule is CC1(C)c2ccc(-c3cccc(-c4ccc5ccc6c(-c7ccccc7)ccc7ccc4c5c76)c3)cc2-c2c1ccc1sc3ccccc3c21. The highest BCUT2D eigenvalue weighted by atomic mass is 32.1. The van der Waals surface area contributed by atoms with Gasteiger partial charge in [-0.15, -0.1) is 11.3 Å². The van der Waals surface area contributed by atoms with E-state index in [-0.39, 0.29) is 5.41 Å². The van der Waals surface area contributed by atoms with Crippen LogP contribution >= 0.6 is 11.3 Å². The zero-order valence-electron chi connectivity index (χ0n) is 27.9. The van der Waals surface area contributed by atoms with Gasteiger partial charge in [0.25, 0.3) is 0 Å². The summed E-state index contributed by atoms with van der Waals surface area (Å²) in [7, 11) is 0. The second-order valence-corrected chi connectivity index (χ2v) is 15.5. The molecule has 0 spiro atoms. The molecule has 0 radical (unpaired) electrons. The number of rotatable bonds is 3. The normalized spacial score (nSPS) is 13.6. The topological polar surface area (TPSA) is 0 Å². The lowest BCUT2D eigenvalue weighted by molar-refractivity contribution is 0.661.